The number of rotatable bonds is 47. The Bertz CT molecular complexity index is 1020. The number of unbranched alkanes of at least 4 members (excludes halogenated alkanes) is 30. The SMILES string of the molecule is CCCCC/C=C\C/C=C\CCCCCCCC(=O)OCCCC/C=C\CCCCCCC(=O)NC(CO)C(O)/C=C/CCCCCCCCCCCCCCCCCC. The quantitative estimate of drug-likeness (QED) is 0.0322. The van der Waals surface area contributed by atoms with E-state index in [0.717, 1.165) is 89.9 Å². The van der Waals surface area contributed by atoms with Crippen LogP contribution >= 0.6 is 0 Å². The third kappa shape index (κ3) is 45.3. The van der Waals surface area contributed by atoms with Gasteiger partial charge in [-0.05, 0) is 89.9 Å². The standard InChI is InChI=1S/C54H99NO5/c1-3-5-7-9-11-13-15-17-19-20-21-23-24-26-30-34-38-42-46-52(57)51(50-56)55-53(58)47-43-39-35-31-28-29-33-37-41-45-49-60-54(59)48-44-40-36-32-27-25-22-18-16-14-12-10-8-6-4-2/h12,14,18,22,29,33,42,46,51-52,56-57H,3-11,13,15-17,19-21,23-28,30-32,34-41,43-45,47-50H2,1-2H3,(H,55,58)/b14-12-,22-18-,33-29-,46-42+. The van der Waals surface area contributed by atoms with E-state index in [-0.39, 0.29) is 18.5 Å². The molecule has 0 aromatic rings. The van der Waals surface area contributed by atoms with Gasteiger partial charge in [-0.3, -0.25) is 9.59 Å². The maximum atomic E-state index is 12.4. The first kappa shape index (κ1) is 57.8. The normalized spacial score (nSPS) is 13.1. The zero-order chi connectivity index (χ0) is 43.7. The van der Waals surface area contributed by atoms with Crippen molar-refractivity contribution >= 4 is 11.9 Å². The van der Waals surface area contributed by atoms with Gasteiger partial charge < -0.3 is 20.3 Å². The van der Waals surface area contributed by atoms with Crippen molar-refractivity contribution in [3.63, 3.8) is 0 Å². The van der Waals surface area contributed by atoms with Crippen LogP contribution in [0.5, 0.6) is 0 Å². The van der Waals surface area contributed by atoms with E-state index < -0.39 is 12.1 Å². The molecule has 350 valence electrons. The minimum Gasteiger partial charge on any atom is -0.466 e. The lowest BCUT2D eigenvalue weighted by molar-refractivity contribution is -0.143. The van der Waals surface area contributed by atoms with Gasteiger partial charge in [0, 0.05) is 12.8 Å². The first-order chi connectivity index (χ1) is 29.5. The number of aliphatic hydroxyl groups excluding tert-OH is 2. The van der Waals surface area contributed by atoms with E-state index in [4.69, 9.17) is 4.74 Å². The van der Waals surface area contributed by atoms with Crippen molar-refractivity contribution < 1.29 is 24.5 Å². The number of hydrogen-bond donors (Lipinski definition) is 3. The van der Waals surface area contributed by atoms with Gasteiger partial charge in [0.05, 0.1) is 25.4 Å². The van der Waals surface area contributed by atoms with E-state index in [1.807, 2.05) is 6.08 Å². The molecule has 0 saturated carbocycles. The summed E-state index contributed by atoms with van der Waals surface area (Å²) in [4.78, 5) is 24.4. The number of ether oxygens (including phenoxy) is 1. The summed E-state index contributed by atoms with van der Waals surface area (Å²) < 4.78 is 5.42. The molecule has 0 radical (unpaired) electrons. The highest BCUT2D eigenvalue weighted by Crippen LogP contribution is 2.15. The van der Waals surface area contributed by atoms with Gasteiger partial charge in [0.2, 0.25) is 5.91 Å². The maximum Gasteiger partial charge on any atom is 0.305 e. The highest BCUT2D eigenvalue weighted by atomic mass is 16.5. The molecule has 0 aromatic carbocycles. The van der Waals surface area contributed by atoms with E-state index in [9.17, 15) is 19.8 Å². The second-order valence-corrected chi connectivity index (χ2v) is 17.5. The number of carbonyl (C=O) groups excluding carboxylic acids is 2. The molecular formula is C54H99NO5. The Morgan fingerprint density at radius 1 is 0.467 bits per heavy atom. The monoisotopic (exact) mass is 842 g/mol. The fourth-order valence-corrected chi connectivity index (χ4v) is 7.54. The highest BCUT2D eigenvalue weighted by molar-refractivity contribution is 5.76. The zero-order valence-electron chi connectivity index (χ0n) is 39.7. The first-order valence-corrected chi connectivity index (χ1v) is 25.9. The average molecular weight is 842 g/mol. The molecule has 0 heterocycles. The summed E-state index contributed by atoms with van der Waals surface area (Å²) in [5.74, 6) is -0.158. The van der Waals surface area contributed by atoms with Gasteiger partial charge in [-0.25, -0.2) is 0 Å². The van der Waals surface area contributed by atoms with Crippen molar-refractivity contribution in [1.82, 2.24) is 5.32 Å². The molecular weight excluding hydrogens is 743 g/mol. The summed E-state index contributed by atoms with van der Waals surface area (Å²) >= 11 is 0. The van der Waals surface area contributed by atoms with Gasteiger partial charge in [-0.15, -0.1) is 0 Å². The van der Waals surface area contributed by atoms with Crippen LogP contribution in [0.4, 0.5) is 0 Å². The molecule has 0 aliphatic heterocycles. The highest BCUT2D eigenvalue weighted by Gasteiger charge is 2.18. The number of hydrogen-bond acceptors (Lipinski definition) is 5. The molecule has 3 N–H and O–H groups in total. The summed E-state index contributed by atoms with van der Waals surface area (Å²) in [7, 11) is 0. The fourth-order valence-electron chi connectivity index (χ4n) is 7.54. The number of aliphatic hydroxyl groups is 2. The van der Waals surface area contributed by atoms with Crippen LogP contribution in [0.1, 0.15) is 258 Å². The van der Waals surface area contributed by atoms with Crippen LogP contribution in [-0.4, -0.2) is 47.4 Å². The smallest absolute Gasteiger partial charge is 0.305 e. The molecule has 0 aliphatic carbocycles. The van der Waals surface area contributed by atoms with Crippen molar-refractivity contribution in [3.05, 3.63) is 48.6 Å². The summed E-state index contributed by atoms with van der Waals surface area (Å²) in [6.45, 7) is 4.77. The van der Waals surface area contributed by atoms with Crippen LogP contribution in [0, 0.1) is 0 Å². The molecule has 2 unspecified atom stereocenters. The molecule has 0 bridgehead atoms. The van der Waals surface area contributed by atoms with E-state index in [0.29, 0.717) is 19.4 Å². The van der Waals surface area contributed by atoms with Gasteiger partial charge in [0.25, 0.3) is 0 Å². The Labute approximate surface area is 372 Å². The largest absolute Gasteiger partial charge is 0.466 e. The second kappa shape index (κ2) is 49.5. The Kier molecular flexibility index (Phi) is 47.7. The molecule has 0 rings (SSSR count). The summed E-state index contributed by atoms with van der Waals surface area (Å²) in [5.41, 5.74) is 0. The number of nitrogens with one attached hydrogen (secondary N) is 1. The molecule has 1 amide bonds. The number of allylic oxidation sites excluding steroid dienone is 7. The summed E-state index contributed by atoms with van der Waals surface area (Å²) in [5, 5.41) is 23.1. The minimum atomic E-state index is -0.868. The van der Waals surface area contributed by atoms with E-state index in [1.54, 1.807) is 6.08 Å². The molecule has 0 spiro atoms. The number of esters is 1. The van der Waals surface area contributed by atoms with Gasteiger partial charge >= 0.3 is 5.97 Å². The molecule has 2 atom stereocenters. The van der Waals surface area contributed by atoms with E-state index >= 15 is 0 Å². The van der Waals surface area contributed by atoms with Crippen molar-refractivity contribution in [2.24, 2.45) is 0 Å². The number of amides is 1. The molecule has 6 nitrogen and oxygen atoms in total. The molecule has 0 fully saturated rings. The molecule has 0 aromatic heterocycles. The van der Waals surface area contributed by atoms with Crippen molar-refractivity contribution in [3.8, 4) is 0 Å². The third-order valence-electron chi connectivity index (χ3n) is 11.6. The Morgan fingerprint density at radius 3 is 1.32 bits per heavy atom. The first-order valence-electron chi connectivity index (χ1n) is 25.9. The Balaban J connectivity index is 3.59. The fraction of sp³-hybridized carbons (Fsp3) is 0.815. The summed E-state index contributed by atoms with van der Waals surface area (Å²) in [6, 6.07) is -0.655. The lowest BCUT2D eigenvalue weighted by atomic mass is 10.0. The minimum absolute atomic E-state index is 0.0531. The second-order valence-electron chi connectivity index (χ2n) is 17.5. The van der Waals surface area contributed by atoms with Gasteiger partial charge in [-0.2, -0.15) is 0 Å². The van der Waals surface area contributed by atoms with Gasteiger partial charge in [-0.1, -0.05) is 204 Å². The van der Waals surface area contributed by atoms with E-state index in [2.05, 4.69) is 55.6 Å². The molecule has 0 saturated heterocycles. The van der Waals surface area contributed by atoms with Crippen LogP contribution in [0.3, 0.4) is 0 Å². The predicted molar refractivity (Wildman–Crippen MR) is 259 cm³/mol. The lowest BCUT2D eigenvalue weighted by Gasteiger charge is -2.20. The molecule has 0 aliphatic rings. The number of carbonyl (C=O) groups is 2. The van der Waals surface area contributed by atoms with Crippen LogP contribution in [0.15, 0.2) is 48.6 Å². The Hall–Kier alpha value is -2.18. The topological polar surface area (TPSA) is 95.9 Å². The third-order valence-corrected chi connectivity index (χ3v) is 11.6. The predicted octanol–water partition coefficient (Wildman–Crippen LogP) is 15.5. The summed E-state index contributed by atoms with van der Waals surface area (Å²) in [6.07, 6.45) is 61.1. The lowest BCUT2D eigenvalue weighted by Crippen LogP contribution is -2.45. The molecule has 6 heteroatoms. The maximum absolute atomic E-state index is 12.4. The molecule has 60 heavy (non-hydrogen) atoms. The van der Waals surface area contributed by atoms with Crippen molar-refractivity contribution in [1.29, 1.82) is 0 Å². The van der Waals surface area contributed by atoms with Crippen molar-refractivity contribution in [2.75, 3.05) is 13.2 Å². The average Bonchev–Trinajstić information content (AvgIpc) is 3.25. The van der Waals surface area contributed by atoms with Crippen LogP contribution in [-0.2, 0) is 14.3 Å². The van der Waals surface area contributed by atoms with Crippen LogP contribution in [0.25, 0.3) is 0 Å². The van der Waals surface area contributed by atoms with Gasteiger partial charge in [0.15, 0.2) is 0 Å². The van der Waals surface area contributed by atoms with Crippen LogP contribution in [0.2, 0.25) is 0 Å². The van der Waals surface area contributed by atoms with E-state index in [1.165, 1.54) is 141 Å². The van der Waals surface area contributed by atoms with Crippen molar-refractivity contribution in [2.45, 2.75) is 270 Å². The zero-order valence-corrected chi connectivity index (χ0v) is 39.7. The Morgan fingerprint density at radius 2 is 0.833 bits per heavy atom. The van der Waals surface area contributed by atoms with Gasteiger partial charge in [0.1, 0.15) is 0 Å². The van der Waals surface area contributed by atoms with Crippen LogP contribution < -0.4 is 5.32 Å².